The minimum absolute atomic E-state index is 0.165. The monoisotopic (exact) mass is 327 g/mol. The Morgan fingerprint density at radius 3 is 2.42 bits per heavy atom. The molecule has 0 fully saturated rings. The lowest BCUT2D eigenvalue weighted by atomic mass is 9.97. The topological polar surface area (TPSA) is 64.1 Å². The van der Waals surface area contributed by atoms with Gasteiger partial charge in [0.05, 0.1) is 10.5 Å². The van der Waals surface area contributed by atoms with Gasteiger partial charge in [0.2, 0.25) is 0 Å². The van der Waals surface area contributed by atoms with Gasteiger partial charge < -0.3 is 5.73 Å². The highest BCUT2D eigenvalue weighted by molar-refractivity contribution is 9.10. The van der Waals surface area contributed by atoms with Gasteiger partial charge in [0.15, 0.2) is 0 Å². The molecule has 1 atom stereocenters. The summed E-state index contributed by atoms with van der Waals surface area (Å²) in [5, 5.41) is 0. The highest BCUT2D eigenvalue weighted by atomic mass is 79.9. The van der Waals surface area contributed by atoms with Gasteiger partial charge in [-0.2, -0.15) is 0 Å². The number of benzene rings is 2. The van der Waals surface area contributed by atoms with E-state index in [0.717, 1.165) is 0 Å². The van der Waals surface area contributed by atoms with E-state index in [1.165, 1.54) is 12.1 Å². The molecular formula is C13H12BrF2N3. The summed E-state index contributed by atoms with van der Waals surface area (Å²) in [5.74, 6) is 4.05. The van der Waals surface area contributed by atoms with Crippen LogP contribution in [-0.4, -0.2) is 0 Å². The summed E-state index contributed by atoms with van der Waals surface area (Å²) in [4.78, 5) is 0. The lowest BCUT2D eigenvalue weighted by molar-refractivity contribution is 0.508. The van der Waals surface area contributed by atoms with Gasteiger partial charge in [0, 0.05) is 11.3 Å². The van der Waals surface area contributed by atoms with E-state index in [1.54, 1.807) is 24.3 Å². The SMILES string of the molecule is NNC(c1ccccc1N)c1c(F)ccc(Br)c1F. The molecule has 2 aromatic carbocycles. The number of hydrogen-bond acceptors (Lipinski definition) is 3. The molecule has 0 saturated carbocycles. The molecule has 0 aliphatic heterocycles. The molecule has 0 aromatic heterocycles. The molecule has 6 heteroatoms. The van der Waals surface area contributed by atoms with E-state index in [1.807, 2.05) is 0 Å². The van der Waals surface area contributed by atoms with Crippen LogP contribution in [-0.2, 0) is 0 Å². The van der Waals surface area contributed by atoms with Crippen LogP contribution in [0.5, 0.6) is 0 Å². The molecule has 0 amide bonds. The Labute approximate surface area is 117 Å². The molecule has 1 unspecified atom stereocenters. The van der Waals surface area contributed by atoms with Gasteiger partial charge in [0.1, 0.15) is 11.6 Å². The Morgan fingerprint density at radius 1 is 1.11 bits per heavy atom. The first-order chi connectivity index (χ1) is 9.06. The molecule has 0 aliphatic rings. The van der Waals surface area contributed by atoms with Crippen molar-refractivity contribution < 1.29 is 8.78 Å². The number of nitrogens with one attached hydrogen (secondary N) is 1. The summed E-state index contributed by atoms with van der Waals surface area (Å²) in [7, 11) is 0. The number of halogens is 3. The Hall–Kier alpha value is -1.50. The van der Waals surface area contributed by atoms with Gasteiger partial charge in [-0.1, -0.05) is 18.2 Å². The molecule has 2 aromatic rings. The van der Waals surface area contributed by atoms with Crippen molar-refractivity contribution in [1.29, 1.82) is 0 Å². The summed E-state index contributed by atoms with van der Waals surface area (Å²) in [5.41, 5.74) is 8.97. The summed E-state index contributed by atoms with van der Waals surface area (Å²) >= 11 is 3.03. The lowest BCUT2D eigenvalue weighted by Gasteiger charge is -2.20. The highest BCUT2D eigenvalue weighted by Crippen LogP contribution is 2.32. The predicted octanol–water partition coefficient (Wildman–Crippen LogP) is 2.86. The second-order valence-corrected chi connectivity index (χ2v) is 4.84. The first-order valence-corrected chi connectivity index (χ1v) is 6.29. The standard InChI is InChI=1S/C13H12BrF2N3/c14-8-5-6-9(15)11(12(8)16)13(19-18)7-3-1-2-4-10(7)17/h1-6,13,19H,17-18H2. The third kappa shape index (κ3) is 2.60. The first-order valence-electron chi connectivity index (χ1n) is 5.50. The third-order valence-corrected chi connectivity index (χ3v) is 3.45. The fourth-order valence-corrected chi connectivity index (χ4v) is 2.26. The van der Waals surface area contributed by atoms with Gasteiger partial charge in [-0.05, 0) is 39.7 Å². The Balaban J connectivity index is 2.61. The normalized spacial score (nSPS) is 12.4. The molecule has 5 N–H and O–H groups in total. The third-order valence-electron chi connectivity index (χ3n) is 2.84. The van der Waals surface area contributed by atoms with Crippen LogP contribution in [0.15, 0.2) is 40.9 Å². The van der Waals surface area contributed by atoms with E-state index >= 15 is 0 Å². The van der Waals surface area contributed by atoms with Gasteiger partial charge in [0.25, 0.3) is 0 Å². The van der Waals surface area contributed by atoms with Crippen LogP contribution in [0.25, 0.3) is 0 Å². The van der Waals surface area contributed by atoms with Crippen LogP contribution in [0.4, 0.5) is 14.5 Å². The largest absolute Gasteiger partial charge is 0.398 e. The molecule has 100 valence electrons. The van der Waals surface area contributed by atoms with Crippen molar-refractivity contribution in [3.63, 3.8) is 0 Å². The van der Waals surface area contributed by atoms with Crippen LogP contribution in [0, 0.1) is 11.6 Å². The first kappa shape index (κ1) is 13.9. The van der Waals surface area contributed by atoms with E-state index in [4.69, 9.17) is 11.6 Å². The Kier molecular flexibility index (Phi) is 4.14. The van der Waals surface area contributed by atoms with Crippen LogP contribution >= 0.6 is 15.9 Å². The number of anilines is 1. The smallest absolute Gasteiger partial charge is 0.145 e. The zero-order chi connectivity index (χ0) is 14.0. The zero-order valence-corrected chi connectivity index (χ0v) is 11.4. The number of rotatable bonds is 3. The molecule has 0 saturated heterocycles. The van der Waals surface area contributed by atoms with Gasteiger partial charge in [-0.3, -0.25) is 5.84 Å². The fraction of sp³-hybridized carbons (Fsp3) is 0.0769. The maximum absolute atomic E-state index is 14.1. The molecule has 19 heavy (non-hydrogen) atoms. The minimum atomic E-state index is -0.862. The van der Waals surface area contributed by atoms with Crippen LogP contribution in [0.2, 0.25) is 0 Å². The van der Waals surface area contributed by atoms with Crippen molar-refractivity contribution in [2.75, 3.05) is 5.73 Å². The maximum atomic E-state index is 14.1. The quantitative estimate of drug-likeness (QED) is 0.351. The van der Waals surface area contributed by atoms with Gasteiger partial charge >= 0.3 is 0 Å². The number of para-hydroxylation sites is 1. The number of nitrogens with two attached hydrogens (primary N) is 2. The highest BCUT2D eigenvalue weighted by Gasteiger charge is 2.24. The summed E-state index contributed by atoms with van der Waals surface area (Å²) in [6.45, 7) is 0. The predicted molar refractivity (Wildman–Crippen MR) is 74.1 cm³/mol. The van der Waals surface area contributed by atoms with Crippen molar-refractivity contribution in [2.45, 2.75) is 6.04 Å². The molecule has 0 bridgehead atoms. The molecule has 0 aliphatic carbocycles. The van der Waals surface area contributed by atoms with Gasteiger partial charge in [-0.25, -0.2) is 14.2 Å². The molecule has 0 heterocycles. The van der Waals surface area contributed by atoms with E-state index in [-0.39, 0.29) is 10.0 Å². The van der Waals surface area contributed by atoms with E-state index in [2.05, 4.69) is 21.4 Å². The Bertz CT molecular complexity index is 604. The average molecular weight is 328 g/mol. The number of hydrogen-bond donors (Lipinski definition) is 3. The van der Waals surface area contributed by atoms with Crippen LogP contribution in [0.3, 0.4) is 0 Å². The van der Waals surface area contributed by atoms with Crippen LogP contribution < -0.4 is 17.0 Å². The lowest BCUT2D eigenvalue weighted by Crippen LogP contribution is -2.31. The van der Waals surface area contributed by atoms with Crippen molar-refractivity contribution >= 4 is 21.6 Å². The van der Waals surface area contributed by atoms with Crippen LogP contribution in [0.1, 0.15) is 17.2 Å². The molecular weight excluding hydrogens is 316 g/mol. The average Bonchev–Trinajstić information content (AvgIpc) is 2.40. The Morgan fingerprint density at radius 2 is 1.79 bits per heavy atom. The fourth-order valence-electron chi connectivity index (χ4n) is 1.91. The second-order valence-electron chi connectivity index (χ2n) is 3.99. The minimum Gasteiger partial charge on any atom is -0.398 e. The second kappa shape index (κ2) is 5.64. The van der Waals surface area contributed by atoms with E-state index in [9.17, 15) is 8.78 Å². The molecule has 2 rings (SSSR count). The van der Waals surface area contributed by atoms with Gasteiger partial charge in [-0.15, -0.1) is 0 Å². The van der Waals surface area contributed by atoms with E-state index < -0.39 is 17.7 Å². The number of hydrazine groups is 1. The molecule has 0 radical (unpaired) electrons. The maximum Gasteiger partial charge on any atom is 0.145 e. The summed E-state index contributed by atoms with van der Waals surface area (Å²) in [6.07, 6.45) is 0. The summed E-state index contributed by atoms with van der Waals surface area (Å²) in [6, 6.07) is 8.39. The molecule has 3 nitrogen and oxygen atoms in total. The van der Waals surface area contributed by atoms with Crippen molar-refractivity contribution in [3.05, 3.63) is 63.6 Å². The summed E-state index contributed by atoms with van der Waals surface area (Å²) < 4.78 is 28.1. The van der Waals surface area contributed by atoms with Crippen molar-refractivity contribution in [2.24, 2.45) is 5.84 Å². The number of nitrogen functional groups attached to an aromatic ring is 1. The van der Waals surface area contributed by atoms with Crippen molar-refractivity contribution in [3.8, 4) is 0 Å². The molecule has 0 spiro atoms. The van der Waals surface area contributed by atoms with E-state index in [0.29, 0.717) is 11.3 Å². The zero-order valence-electron chi connectivity index (χ0n) is 9.83. The van der Waals surface area contributed by atoms with Crippen molar-refractivity contribution in [1.82, 2.24) is 5.43 Å².